The van der Waals surface area contributed by atoms with Crippen molar-refractivity contribution in [3.8, 4) is 17.4 Å². The number of halogens is 1. The third kappa shape index (κ3) is 4.17. The number of hydrogen-bond acceptors (Lipinski definition) is 3. The van der Waals surface area contributed by atoms with E-state index < -0.39 is 0 Å². The Hall–Kier alpha value is -3.29. The SMILES string of the molecule is N#CC=Cc1cccc(NC(=O)c2ccc(-c3cccc(Cl)c3)o2)c1. The topological polar surface area (TPSA) is 66.0 Å². The largest absolute Gasteiger partial charge is 0.451 e. The third-order valence-electron chi connectivity index (χ3n) is 3.43. The summed E-state index contributed by atoms with van der Waals surface area (Å²) in [6.45, 7) is 0. The van der Waals surface area contributed by atoms with E-state index in [0.29, 0.717) is 16.5 Å². The summed E-state index contributed by atoms with van der Waals surface area (Å²) in [5.41, 5.74) is 2.24. The molecule has 0 radical (unpaired) electrons. The number of amides is 1. The number of furan rings is 1. The first-order valence-electron chi connectivity index (χ1n) is 7.49. The molecule has 3 rings (SSSR count). The average molecular weight is 349 g/mol. The molecule has 2 aromatic carbocycles. The molecular formula is C20H13ClN2O2. The highest BCUT2D eigenvalue weighted by atomic mass is 35.5. The monoisotopic (exact) mass is 348 g/mol. The van der Waals surface area contributed by atoms with Crippen LogP contribution in [0.2, 0.25) is 5.02 Å². The van der Waals surface area contributed by atoms with Gasteiger partial charge in [0.25, 0.3) is 5.91 Å². The zero-order valence-corrected chi connectivity index (χ0v) is 13.8. The number of allylic oxidation sites excluding steroid dienone is 1. The van der Waals surface area contributed by atoms with E-state index in [4.69, 9.17) is 21.3 Å². The first-order chi connectivity index (χ1) is 12.2. The third-order valence-corrected chi connectivity index (χ3v) is 3.67. The minimum absolute atomic E-state index is 0.202. The van der Waals surface area contributed by atoms with Crippen molar-refractivity contribution in [1.82, 2.24) is 0 Å². The van der Waals surface area contributed by atoms with Crippen LogP contribution >= 0.6 is 11.6 Å². The quantitative estimate of drug-likeness (QED) is 0.643. The molecule has 5 heteroatoms. The van der Waals surface area contributed by atoms with Crippen molar-refractivity contribution in [3.63, 3.8) is 0 Å². The van der Waals surface area contributed by atoms with Gasteiger partial charge in [0, 0.05) is 22.3 Å². The van der Waals surface area contributed by atoms with E-state index in [1.165, 1.54) is 6.08 Å². The van der Waals surface area contributed by atoms with Gasteiger partial charge in [-0.3, -0.25) is 4.79 Å². The first kappa shape index (κ1) is 16.6. The lowest BCUT2D eigenvalue weighted by Crippen LogP contribution is -2.10. The second kappa shape index (κ2) is 7.52. The Morgan fingerprint density at radius 1 is 1.12 bits per heavy atom. The van der Waals surface area contributed by atoms with Crippen LogP contribution in [0.1, 0.15) is 16.1 Å². The number of benzene rings is 2. The Labute approximate surface area is 150 Å². The van der Waals surface area contributed by atoms with Crippen LogP contribution in [0, 0.1) is 11.3 Å². The Balaban J connectivity index is 1.76. The van der Waals surface area contributed by atoms with Crippen LogP contribution in [0.25, 0.3) is 17.4 Å². The van der Waals surface area contributed by atoms with Crippen LogP contribution in [0.3, 0.4) is 0 Å². The molecule has 0 aliphatic carbocycles. The number of nitrogens with one attached hydrogen (secondary N) is 1. The molecule has 0 fully saturated rings. The summed E-state index contributed by atoms with van der Waals surface area (Å²) >= 11 is 5.98. The second-order valence-electron chi connectivity index (χ2n) is 5.22. The smallest absolute Gasteiger partial charge is 0.291 e. The molecule has 0 atom stereocenters. The molecule has 0 saturated carbocycles. The highest BCUT2D eigenvalue weighted by molar-refractivity contribution is 6.30. The number of hydrogen-bond donors (Lipinski definition) is 1. The minimum Gasteiger partial charge on any atom is -0.451 e. The number of rotatable bonds is 4. The number of anilines is 1. The van der Waals surface area contributed by atoms with Gasteiger partial charge in [0.05, 0.1) is 6.07 Å². The molecule has 0 bridgehead atoms. The van der Waals surface area contributed by atoms with Gasteiger partial charge >= 0.3 is 0 Å². The predicted molar refractivity (Wildman–Crippen MR) is 98.2 cm³/mol. The molecule has 4 nitrogen and oxygen atoms in total. The predicted octanol–water partition coefficient (Wildman–Crippen LogP) is 5.39. The maximum absolute atomic E-state index is 12.3. The van der Waals surface area contributed by atoms with E-state index in [1.54, 1.807) is 48.5 Å². The van der Waals surface area contributed by atoms with Crippen LogP contribution < -0.4 is 5.32 Å². The van der Waals surface area contributed by atoms with Gasteiger partial charge in [0.2, 0.25) is 0 Å². The van der Waals surface area contributed by atoms with E-state index in [2.05, 4.69) is 5.32 Å². The van der Waals surface area contributed by atoms with Gasteiger partial charge in [0.15, 0.2) is 5.76 Å². The molecule has 3 aromatic rings. The Morgan fingerprint density at radius 2 is 1.96 bits per heavy atom. The molecule has 1 N–H and O–H groups in total. The van der Waals surface area contributed by atoms with E-state index in [9.17, 15) is 4.79 Å². The van der Waals surface area contributed by atoms with Gasteiger partial charge in [-0.15, -0.1) is 0 Å². The molecule has 0 spiro atoms. The van der Waals surface area contributed by atoms with Gasteiger partial charge in [-0.05, 0) is 48.0 Å². The standard InChI is InChI=1S/C20H13ClN2O2/c21-16-7-2-6-15(13-16)18-9-10-19(25-18)20(24)23-17-8-1-4-14(12-17)5-3-11-22/h1-10,12-13H,(H,23,24). The fourth-order valence-corrected chi connectivity index (χ4v) is 2.49. The van der Waals surface area contributed by atoms with Gasteiger partial charge in [0.1, 0.15) is 5.76 Å². The normalized spacial score (nSPS) is 10.6. The van der Waals surface area contributed by atoms with Crippen molar-refractivity contribution in [2.75, 3.05) is 5.32 Å². The Kier molecular flexibility index (Phi) is 4.98. The maximum Gasteiger partial charge on any atom is 0.291 e. The van der Waals surface area contributed by atoms with Crippen molar-refractivity contribution in [1.29, 1.82) is 5.26 Å². The van der Waals surface area contributed by atoms with Crippen molar-refractivity contribution in [3.05, 3.63) is 83.1 Å². The second-order valence-corrected chi connectivity index (χ2v) is 5.65. The summed E-state index contributed by atoms with van der Waals surface area (Å²) in [5.74, 6) is 0.418. The highest BCUT2D eigenvalue weighted by Gasteiger charge is 2.13. The van der Waals surface area contributed by atoms with Gasteiger partial charge in [-0.2, -0.15) is 5.26 Å². The van der Waals surface area contributed by atoms with Crippen LogP contribution in [0.4, 0.5) is 5.69 Å². The molecule has 0 saturated heterocycles. The zero-order chi connectivity index (χ0) is 17.6. The van der Waals surface area contributed by atoms with Crippen molar-refractivity contribution in [2.45, 2.75) is 0 Å². The highest BCUT2D eigenvalue weighted by Crippen LogP contribution is 2.25. The molecule has 1 heterocycles. The summed E-state index contributed by atoms with van der Waals surface area (Å²) in [4.78, 5) is 12.3. The van der Waals surface area contributed by atoms with E-state index in [1.807, 2.05) is 24.3 Å². The summed E-state index contributed by atoms with van der Waals surface area (Å²) < 4.78 is 5.63. The van der Waals surface area contributed by atoms with Crippen LogP contribution in [-0.2, 0) is 0 Å². The van der Waals surface area contributed by atoms with Crippen LogP contribution in [0.5, 0.6) is 0 Å². The van der Waals surface area contributed by atoms with Gasteiger partial charge in [-0.1, -0.05) is 35.9 Å². The molecule has 1 aromatic heterocycles. The van der Waals surface area contributed by atoms with E-state index in [0.717, 1.165) is 11.1 Å². The lowest BCUT2D eigenvalue weighted by atomic mass is 10.2. The van der Waals surface area contributed by atoms with Crippen molar-refractivity contribution >= 4 is 29.3 Å². The van der Waals surface area contributed by atoms with Crippen LogP contribution in [-0.4, -0.2) is 5.91 Å². The summed E-state index contributed by atoms with van der Waals surface area (Å²) in [6.07, 6.45) is 3.05. The molecule has 0 aliphatic heterocycles. The fraction of sp³-hybridized carbons (Fsp3) is 0. The molecular weight excluding hydrogens is 336 g/mol. The average Bonchev–Trinajstić information content (AvgIpc) is 3.11. The van der Waals surface area contributed by atoms with E-state index in [-0.39, 0.29) is 11.7 Å². The lowest BCUT2D eigenvalue weighted by Gasteiger charge is -2.04. The van der Waals surface area contributed by atoms with Crippen molar-refractivity contribution in [2.24, 2.45) is 0 Å². The fourth-order valence-electron chi connectivity index (χ4n) is 2.30. The molecule has 122 valence electrons. The number of nitrogens with zero attached hydrogens (tertiary/aromatic N) is 1. The Morgan fingerprint density at radius 3 is 2.76 bits per heavy atom. The van der Waals surface area contributed by atoms with Crippen molar-refractivity contribution < 1.29 is 9.21 Å². The molecule has 25 heavy (non-hydrogen) atoms. The zero-order valence-electron chi connectivity index (χ0n) is 13.1. The molecule has 0 unspecified atom stereocenters. The lowest BCUT2D eigenvalue weighted by molar-refractivity contribution is 0.0997. The molecule has 1 amide bonds. The van der Waals surface area contributed by atoms with Crippen LogP contribution in [0.15, 0.2) is 71.2 Å². The minimum atomic E-state index is -0.352. The molecule has 0 aliphatic rings. The van der Waals surface area contributed by atoms with E-state index >= 15 is 0 Å². The summed E-state index contributed by atoms with van der Waals surface area (Å²) in [5, 5.41) is 12.0. The number of carbonyl (C=O) groups is 1. The number of carbonyl (C=O) groups excluding carboxylic acids is 1. The van der Waals surface area contributed by atoms with Gasteiger partial charge in [-0.25, -0.2) is 0 Å². The summed E-state index contributed by atoms with van der Waals surface area (Å²) in [7, 11) is 0. The first-order valence-corrected chi connectivity index (χ1v) is 7.87. The Bertz CT molecular complexity index is 983. The van der Waals surface area contributed by atoms with Gasteiger partial charge < -0.3 is 9.73 Å². The number of nitriles is 1. The summed E-state index contributed by atoms with van der Waals surface area (Å²) in [6, 6.07) is 19.7. The maximum atomic E-state index is 12.3.